The van der Waals surface area contributed by atoms with E-state index in [0.29, 0.717) is 24.6 Å². The SMILES string of the molecule is C=C1Nc2cc(-n3cccn3)nc(C3CC3)c2CN1c1cc2c(cc1C)CCC(c1ncccc1F)O2. The number of hydrogen-bond acceptors (Lipinski definition) is 6. The zero-order valence-corrected chi connectivity index (χ0v) is 20.6. The highest BCUT2D eigenvalue weighted by Gasteiger charge is 2.34. The quantitative estimate of drug-likeness (QED) is 0.378. The average molecular weight is 495 g/mol. The Morgan fingerprint density at radius 3 is 2.78 bits per heavy atom. The topological polar surface area (TPSA) is 68.1 Å². The summed E-state index contributed by atoms with van der Waals surface area (Å²) < 4.78 is 22.5. The second kappa shape index (κ2) is 8.44. The fraction of sp³-hybridized carbons (Fsp3) is 0.276. The number of aromatic nitrogens is 4. The largest absolute Gasteiger partial charge is 0.484 e. The fourth-order valence-corrected chi connectivity index (χ4v) is 5.44. The van der Waals surface area contributed by atoms with Crippen LogP contribution in [0.4, 0.5) is 15.8 Å². The molecule has 7 nitrogen and oxygen atoms in total. The van der Waals surface area contributed by atoms with E-state index in [-0.39, 0.29) is 5.82 Å². The number of aryl methyl sites for hydroxylation is 2. The summed E-state index contributed by atoms with van der Waals surface area (Å²) in [6.07, 6.45) is 8.70. The molecule has 3 aliphatic rings. The van der Waals surface area contributed by atoms with Crippen LogP contribution in [0.15, 0.2) is 67.4 Å². The highest BCUT2D eigenvalue weighted by molar-refractivity contribution is 5.71. The summed E-state index contributed by atoms with van der Waals surface area (Å²) in [5.41, 5.74) is 7.01. The standard InChI is InChI=1S/C29H27FN6O/c1-17-13-20-8-9-25(29-22(30)5-3-10-31-29)37-26(20)15-24(17)35-16-21-23(33-18(35)2)14-27(36-12-4-11-32-36)34-28(21)19-6-7-19/h3-5,10-15,19,25,33H,2,6-9,16H2,1H3. The van der Waals surface area contributed by atoms with Gasteiger partial charge in [0.05, 0.1) is 17.9 Å². The predicted octanol–water partition coefficient (Wildman–Crippen LogP) is 5.96. The first kappa shape index (κ1) is 22.0. The van der Waals surface area contributed by atoms with Crippen molar-refractivity contribution in [2.45, 2.75) is 51.2 Å². The van der Waals surface area contributed by atoms with E-state index in [1.807, 2.05) is 18.3 Å². The normalized spacial score (nSPS) is 18.6. The van der Waals surface area contributed by atoms with Crippen LogP contribution < -0.4 is 15.0 Å². The second-order valence-corrected chi connectivity index (χ2v) is 10.0. The highest BCUT2D eigenvalue weighted by atomic mass is 19.1. The molecule has 1 saturated carbocycles. The molecule has 1 aromatic carbocycles. The van der Waals surface area contributed by atoms with E-state index in [1.54, 1.807) is 23.1 Å². The number of nitrogens with zero attached hydrogens (tertiary/aromatic N) is 5. The van der Waals surface area contributed by atoms with E-state index in [2.05, 4.69) is 45.9 Å². The van der Waals surface area contributed by atoms with Gasteiger partial charge in [-0.3, -0.25) is 4.98 Å². The minimum absolute atomic E-state index is 0.330. The molecular formula is C29H27FN6O. The maximum absolute atomic E-state index is 14.4. The van der Waals surface area contributed by atoms with E-state index < -0.39 is 6.10 Å². The molecule has 4 aromatic rings. The number of anilines is 2. The lowest BCUT2D eigenvalue weighted by atomic mass is 9.96. The summed E-state index contributed by atoms with van der Waals surface area (Å²) in [6, 6.07) is 11.2. The van der Waals surface area contributed by atoms with Gasteiger partial charge in [0.15, 0.2) is 5.82 Å². The third kappa shape index (κ3) is 3.84. The Labute approximate surface area is 214 Å². The number of rotatable bonds is 4. The minimum atomic E-state index is -0.404. The van der Waals surface area contributed by atoms with Gasteiger partial charge in [0.2, 0.25) is 0 Å². The molecule has 0 spiro atoms. The monoisotopic (exact) mass is 494 g/mol. The molecule has 1 N–H and O–H groups in total. The first-order valence-corrected chi connectivity index (χ1v) is 12.7. The van der Waals surface area contributed by atoms with Crippen LogP contribution in [0.1, 0.15) is 59.4 Å². The number of nitrogens with one attached hydrogen (secondary N) is 1. The Hall–Kier alpha value is -4.20. The van der Waals surface area contributed by atoms with Gasteiger partial charge >= 0.3 is 0 Å². The van der Waals surface area contributed by atoms with Gasteiger partial charge in [-0.1, -0.05) is 12.6 Å². The van der Waals surface area contributed by atoms with Crippen molar-refractivity contribution in [3.8, 4) is 11.6 Å². The first-order valence-electron chi connectivity index (χ1n) is 12.7. The maximum Gasteiger partial charge on any atom is 0.155 e. The lowest BCUT2D eigenvalue weighted by Crippen LogP contribution is -2.32. The van der Waals surface area contributed by atoms with E-state index in [1.165, 1.54) is 11.6 Å². The van der Waals surface area contributed by atoms with Crippen molar-refractivity contribution in [2.24, 2.45) is 0 Å². The van der Waals surface area contributed by atoms with Crippen LogP contribution in [0.3, 0.4) is 0 Å². The van der Waals surface area contributed by atoms with Gasteiger partial charge in [-0.05, 0) is 61.9 Å². The Balaban J connectivity index is 1.24. The van der Waals surface area contributed by atoms with Gasteiger partial charge in [-0.2, -0.15) is 5.10 Å². The van der Waals surface area contributed by atoms with Gasteiger partial charge in [0.25, 0.3) is 0 Å². The summed E-state index contributed by atoms with van der Waals surface area (Å²) >= 11 is 0. The molecule has 7 rings (SSSR count). The lowest BCUT2D eigenvalue weighted by Gasteiger charge is -2.36. The number of halogens is 1. The van der Waals surface area contributed by atoms with Crippen molar-refractivity contribution < 1.29 is 9.13 Å². The number of hydrogen-bond donors (Lipinski definition) is 1. The van der Waals surface area contributed by atoms with Crippen LogP contribution in [0, 0.1) is 12.7 Å². The molecule has 0 radical (unpaired) electrons. The molecule has 186 valence electrons. The third-order valence-electron chi connectivity index (χ3n) is 7.47. The molecule has 0 saturated heterocycles. The van der Waals surface area contributed by atoms with Crippen LogP contribution in [-0.2, 0) is 13.0 Å². The lowest BCUT2D eigenvalue weighted by molar-refractivity contribution is 0.167. The average Bonchev–Trinajstić information content (AvgIpc) is 3.60. The molecule has 1 atom stereocenters. The maximum atomic E-state index is 14.4. The molecular weight excluding hydrogens is 467 g/mol. The summed E-state index contributed by atoms with van der Waals surface area (Å²) in [6.45, 7) is 7.13. The summed E-state index contributed by atoms with van der Waals surface area (Å²) in [4.78, 5) is 11.5. The van der Waals surface area contributed by atoms with Gasteiger partial charge in [-0.25, -0.2) is 14.1 Å². The Bertz CT molecular complexity index is 1530. The molecule has 1 unspecified atom stereocenters. The Kier molecular flexibility index (Phi) is 5.02. The van der Waals surface area contributed by atoms with Crippen LogP contribution in [-0.4, -0.2) is 19.7 Å². The highest BCUT2D eigenvalue weighted by Crippen LogP contribution is 2.46. The van der Waals surface area contributed by atoms with Crippen molar-refractivity contribution in [3.05, 3.63) is 101 Å². The van der Waals surface area contributed by atoms with Crippen molar-refractivity contribution in [1.29, 1.82) is 0 Å². The summed E-state index contributed by atoms with van der Waals surface area (Å²) in [7, 11) is 0. The van der Waals surface area contributed by atoms with E-state index in [9.17, 15) is 4.39 Å². The van der Waals surface area contributed by atoms with Crippen molar-refractivity contribution in [3.63, 3.8) is 0 Å². The first-order chi connectivity index (χ1) is 18.0. The smallest absolute Gasteiger partial charge is 0.155 e. The van der Waals surface area contributed by atoms with Crippen LogP contribution in [0.5, 0.6) is 5.75 Å². The fourth-order valence-electron chi connectivity index (χ4n) is 5.44. The molecule has 0 amide bonds. The minimum Gasteiger partial charge on any atom is -0.484 e. The van der Waals surface area contributed by atoms with E-state index >= 15 is 0 Å². The molecule has 5 heterocycles. The third-order valence-corrected chi connectivity index (χ3v) is 7.47. The predicted molar refractivity (Wildman–Crippen MR) is 139 cm³/mol. The summed E-state index contributed by atoms with van der Waals surface area (Å²) in [5, 5.41) is 7.91. The molecule has 1 fully saturated rings. The van der Waals surface area contributed by atoms with Crippen molar-refractivity contribution in [1.82, 2.24) is 19.7 Å². The molecule has 8 heteroatoms. The Morgan fingerprint density at radius 2 is 2.00 bits per heavy atom. The van der Waals surface area contributed by atoms with Crippen LogP contribution >= 0.6 is 0 Å². The second-order valence-electron chi connectivity index (χ2n) is 10.0. The zero-order chi connectivity index (χ0) is 25.1. The zero-order valence-electron chi connectivity index (χ0n) is 20.6. The van der Waals surface area contributed by atoms with E-state index in [0.717, 1.165) is 64.8 Å². The van der Waals surface area contributed by atoms with Gasteiger partial charge in [-0.15, -0.1) is 0 Å². The van der Waals surface area contributed by atoms with E-state index in [4.69, 9.17) is 9.72 Å². The van der Waals surface area contributed by atoms with Crippen molar-refractivity contribution >= 4 is 11.4 Å². The number of pyridine rings is 2. The molecule has 37 heavy (non-hydrogen) atoms. The van der Waals surface area contributed by atoms with Crippen molar-refractivity contribution in [2.75, 3.05) is 10.2 Å². The van der Waals surface area contributed by atoms with Gasteiger partial charge < -0.3 is 15.0 Å². The number of fused-ring (bicyclic) bond motifs is 2. The molecule has 1 aliphatic carbocycles. The number of ether oxygens (including phenoxy) is 1. The van der Waals surface area contributed by atoms with Gasteiger partial charge in [0, 0.05) is 47.9 Å². The van der Waals surface area contributed by atoms with Gasteiger partial charge in [0.1, 0.15) is 29.2 Å². The Morgan fingerprint density at radius 1 is 1.11 bits per heavy atom. The summed E-state index contributed by atoms with van der Waals surface area (Å²) in [5.74, 6) is 2.52. The van der Waals surface area contributed by atoms with Crippen LogP contribution in [0.25, 0.3) is 5.82 Å². The molecule has 2 aliphatic heterocycles. The number of benzene rings is 1. The molecule has 0 bridgehead atoms. The molecule has 3 aromatic heterocycles. The van der Waals surface area contributed by atoms with Crippen LogP contribution in [0.2, 0.25) is 0 Å².